The Morgan fingerprint density at radius 3 is 1.85 bits per heavy atom. The first-order valence-corrected chi connectivity index (χ1v) is 10.4. The molecular formula is C21H40O6. The van der Waals surface area contributed by atoms with Crippen molar-refractivity contribution in [1.82, 2.24) is 0 Å². The molecule has 1 saturated heterocycles. The van der Waals surface area contributed by atoms with Crippen molar-refractivity contribution in [2.24, 2.45) is 0 Å². The smallest absolute Gasteiger partial charge is 0.340 e. The molecule has 1 heterocycles. The van der Waals surface area contributed by atoms with Crippen molar-refractivity contribution in [3.63, 3.8) is 0 Å². The Morgan fingerprint density at radius 2 is 1.37 bits per heavy atom. The SMILES string of the molecule is CCCCCCCCCCC[C@@]1(C(=O)OC)CO[C@@](C)(OC)[C@](C)(OC)O1. The number of unbranched alkanes of at least 4 members (excludes halogenated alkanes) is 8. The molecule has 0 aromatic heterocycles. The van der Waals surface area contributed by atoms with Crippen LogP contribution in [0, 0.1) is 0 Å². The van der Waals surface area contributed by atoms with E-state index in [2.05, 4.69) is 6.92 Å². The van der Waals surface area contributed by atoms with Crippen LogP contribution in [0.15, 0.2) is 0 Å². The molecule has 6 heteroatoms. The van der Waals surface area contributed by atoms with Gasteiger partial charge in [0.25, 0.3) is 0 Å². The van der Waals surface area contributed by atoms with Gasteiger partial charge in [-0.25, -0.2) is 4.79 Å². The van der Waals surface area contributed by atoms with Crippen LogP contribution in [0.2, 0.25) is 0 Å². The third-order valence-corrected chi connectivity index (χ3v) is 5.82. The highest BCUT2D eigenvalue weighted by molar-refractivity contribution is 5.80. The number of rotatable bonds is 13. The summed E-state index contributed by atoms with van der Waals surface area (Å²) in [5.74, 6) is -2.74. The molecule has 1 aliphatic heterocycles. The van der Waals surface area contributed by atoms with E-state index >= 15 is 0 Å². The number of carbonyl (C=O) groups excluding carboxylic acids is 1. The van der Waals surface area contributed by atoms with E-state index in [0.29, 0.717) is 6.42 Å². The van der Waals surface area contributed by atoms with E-state index in [0.717, 1.165) is 12.8 Å². The fraction of sp³-hybridized carbons (Fsp3) is 0.952. The van der Waals surface area contributed by atoms with E-state index in [9.17, 15) is 4.79 Å². The van der Waals surface area contributed by atoms with E-state index in [-0.39, 0.29) is 6.61 Å². The summed E-state index contributed by atoms with van der Waals surface area (Å²) in [5.41, 5.74) is -1.17. The van der Waals surface area contributed by atoms with E-state index in [1.165, 1.54) is 66.3 Å². The molecular weight excluding hydrogens is 348 g/mol. The molecule has 0 amide bonds. The second-order valence-electron chi connectivity index (χ2n) is 7.75. The standard InChI is InChI=1S/C21H40O6/c1-7-8-9-10-11-12-13-14-15-16-21(18(22)23-4)17-26-19(2,24-5)20(3,25-6)27-21/h7-17H2,1-6H3/t19-,20-,21+/m1/s1. The van der Waals surface area contributed by atoms with E-state index in [1.54, 1.807) is 13.8 Å². The summed E-state index contributed by atoms with van der Waals surface area (Å²) in [6.07, 6.45) is 11.4. The number of ether oxygens (including phenoxy) is 5. The molecule has 0 unspecified atom stereocenters. The van der Waals surface area contributed by atoms with Gasteiger partial charge >= 0.3 is 5.97 Å². The van der Waals surface area contributed by atoms with E-state index in [1.807, 2.05) is 0 Å². The van der Waals surface area contributed by atoms with Gasteiger partial charge in [-0.2, -0.15) is 0 Å². The van der Waals surface area contributed by atoms with Gasteiger partial charge in [-0.3, -0.25) is 0 Å². The molecule has 1 rings (SSSR count). The summed E-state index contributed by atoms with van der Waals surface area (Å²) < 4.78 is 28.2. The van der Waals surface area contributed by atoms with Gasteiger partial charge < -0.3 is 23.7 Å². The Balaban J connectivity index is 2.57. The predicted octanol–water partition coefficient (Wildman–Crippen LogP) is 4.59. The highest BCUT2D eigenvalue weighted by Crippen LogP contribution is 2.42. The highest BCUT2D eigenvalue weighted by Gasteiger charge is 2.61. The van der Waals surface area contributed by atoms with Crippen molar-refractivity contribution in [2.75, 3.05) is 27.9 Å². The zero-order valence-electron chi connectivity index (χ0n) is 18.2. The topological polar surface area (TPSA) is 63.2 Å². The van der Waals surface area contributed by atoms with E-state index < -0.39 is 23.1 Å². The maximum atomic E-state index is 12.5. The molecule has 3 atom stereocenters. The Bertz CT molecular complexity index is 442. The van der Waals surface area contributed by atoms with Gasteiger partial charge in [-0.05, 0) is 26.7 Å². The Morgan fingerprint density at radius 1 is 0.852 bits per heavy atom. The van der Waals surface area contributed by atoms with Crippen LogP contribution in [0.25, 0.3) is 0 Å². The van der Waals surface area contributed by atoms with Crippen molar-refractivity contribution in [1.29, 1.82) is 0 Å². The summed E-state index contributed by atoms with van der Waals surface area (Å²) in [6, 6.07) is 0. The van der Waals surface area contributed by atoms with Gasteiger partial charge in [-0.15, -0.1) is 0 Å². The second-order valence-corrected chi connectivity index (χ2v) is 7.75. The predicted molar refractivity (Wildman–Crippen MR) is 104 cm³/mol. The molecule has 0 spiro atoms. The second kappa shape index (κ2) is 11.3. The lowest BCUT2D eigenvalue weighted by Gasteiger charge is -2.52. The molecule has 0 saturated carbocycles. The molecule has 0 radical (unpaired) electrons. The maximum absolute atomic E-state index is 12.5. The minimum Gasteiger partial charge on any atom is -0.467 e. The van der Waals surface area contributed by atoms with E-state index in [4.69, 9.17) is 23.7 Å². The minimum atomic E-state index is -1.21. The molecule has 0 aliphatic carbocycles. The van der Waals surface area contributed by atoms with Crippen LogP contribution in [0.5, 0.6) is 0 Å². The average molecular weight is 389 g/mol. The van der Waals surface area contributed by atoms with Crippen molar-refractivity contribution in [3.8, 4) is 0 Å². The summed E-state index contributed by atoms with van der Waals surface area (Å²) in [6.45, 7) is 5.79. The molecule has 27 heavy (non-hydrogen) atoms. The molecule has 0 aromatic carbocycles. The maximum Gasteiger partial charge on any atom is 0.340 e. The molecule has 1 aliphatic rings. The van der Waals surface area contributed by atoms with Crippen LogP contribution < -0.4 is 0 Å². The number of esters is 1. The molecule has 1 fully saturated rings. The zero-order chi connectivity index (χ0) is 20.4. The fourth-order valence-electron chi connectivity index (χ4n) is 3.58. The lowest BCUT2D eigenvalue weighted by Crippen LogP contribution is -2.68. The first-order chi connectivity index (χ1) is 12.8. The van der Waals surface area contributed by atoms with Gasteiger partial charge in [0.2, 0.25) is 11.6 Å². The monoisotopic (exact) mass is 388 g/mol. The first-order valence-electron chi connectivity index (χ1n) is 10.4. The highest BCUT2D eigenvalue weighted by atomic mass is 16.8. The van der Waals surface area contributed by atoms with Crippen LogP contribution in [0.4, 0.5) is 0 Å². The fourth-order valence-corrected chi connectivity index (χ4v) is 3.58. The Labute approximate surface area is 165 Å². The lowest BCUT2D eigenvalue weighted by atomic mass is 9.92. The molecule has 0 N–H and O–H groups in total. The Hall–Kier alpha value is -0.690. The van der Waals surface area contributed by atoms with Crippen LogP contribution in [0.1, 0.15) is 85.0 Å². The van der Waals surface area contributed by atoms with Gasteiger partial charge in [0.05, 0.1) is 13.7 Å². The molecule has 0 aromatic rings. The van der Waals surface area contributed by atoms with Crippen molar-refractivity contribution in [3.05, 3.63) is 0 Å². The summed E-state index contributed by atoms with van der Waals surface area (Å²) >= 11 is 0. The van der Waals surface area contributed by atoms with Crippen LogP contribution in [0.3, 0.4) is 0 Å². The summed E-state index contributed by atoms with van der Waals surface area (Å²) in [7, 11) is 4.43. The zero-order valence-corrected chi connectivity index (χ0v) is 18.2. The number of hydrogen-bond acceptors (Lipinski definition) is 6. The lowest BCUT2D eigenvalue weighted by molar-refractivity contribution is -0.446. The van der Waals surface area contributed by atoms with Crippen molar-refractivity contribution in [2.45, 2.75) is 102 Å². The quantitative estimate of drug-likeness (QED) is 0.340. The van der Waals surface area contributed by atoms with Crippen LogP contribution >= 0.6 is 0 Å². The summed E-state index contributed by atoms with van der Waals surface area (Å²) in [5, 5.41) is 0. The number of hydrogen-bond donors (Lipinski definition) is 0. The molecule has 0 bridgehead atoms. The first kappa shape index (κ1) is 24.3. The van der Waals surface area contributed by atoms with Gasteiger partial charge in [-0.1, -0.05) is 58.3 Å². The third kappa shape index (κ3) is 6.14. The van der Waals surface area contributed by atoms with Crippen molar-refractivity contribution < 1.29 is 28.5 Å². The van der Waals surface area contributed by atoms with Crippen molar-refractivity contribution >= 4 is 5.97 Å². The normalized spacial score (nSPS) is 31.0. The minimum absolute atomic E-state index is 0.0833. The Kier molecular flexibility index (Phi) is 10.2. The largest absolute Gasteiger partial charge is 0.467 e. The van der Waals surface area contributed by atoms with Crippen LogP contribution in [-0.2, 0) is 28.5 Å². The van der Waals surface area contributed by atoms with Crippen LogP contribution in [-0.4, -0.2) is 51.1 Å². The van der Waals surface area contributed by atoms with Gasteiger partial charge in [0.15, 0.2) is 5.60 Å². The third-order valence-electron chi connectivity index (χ3n) is 5.82. The summed E-state index contributed by atoms with van der Waals surface area (Å²) in [4.78, 5) is 12.5. The molecule has 160 valence electrons. The number of carbonyl (C=O) groups is 1. The average Bonchev–Trinajstić information content (AvgIpc) is 2.68. The van der Waals surface area contributed by atoms with Gasteiger partial charge in [0, 0.05) is 14.2 Å². The molecule has 6 nitrogen and oxygen atoms in total. The number of methoxy groups -OCH3 is 3. The van der Waals surface area contributed by atoms with Gasteiger partial charge in [0.1, 0.15) is 0 Å².